The summed E-state index contributed by atoms with van der Waals surface area (Å²) in [6.45, 7) is 3.29. The summed E-state index contributed by atoms with van der Waals surface area (Å²) in [5, 5.41) is 0. The van der Waals surface area contributed by atoms with Gasteiger partial charge in [0.1, 0.15) is 0 Å². The first-order chi connectivity index (χ1) is 9.38. The van der Waals surface area contributed by atoms with Crippen LogP contribution in [0.15, 0.2) is 0 Å². The number of ether oxygens (including phenoxy) is 1. The Balaban J connectivity index is 2.07. The maximum Gasteiger partial charge on any atom is 0.0493 e. The standard InChI is InChI=1S/C18H36O/c1-3-4-5-6-7-8-10-15-18(16-19-2)17-13-11-9-12-14-17/h17-18H,3-16H2,1-2H3. The average Bonchev–Trinajstić information content (AvgIpc) is 2.46. The highest BCUT2D eigenvalue weighted by Gasteiger charge is 2.22. The Morgan fingerprint density at radius 2 is 1.53 bits per heavy atom. The number of unbranched alkanes of at least 4 members (excludes halogenated alkanes) is 6. The van der Waals surface area contributed by atoms with Crippen LogP contribution in [0.2, 0.25) is 0 Å². The molecular formula is C18H36O. The van der Waals surface area contributed by atoms with E-state index in [9.17, 15) is 0 Å². The van der Waals surface area contributed by atoms with Crippen molar-refractivity contribution >= 4 is 0 Å². The van der Waals surface area contributed by atoms with Gasteiger partial charge in [0.2, 0.25) is 0 Å². The summed E-state index contributed by atoms with van der Waals surface area (Å²) in [6, 6.07) is 0. The summed E-state index contributed by atoms with van der Waals surface area (Å²) >= 11 is 0. The normalized spacial score (nSPS) is 18.6. The number of hydrogen-bond donors (Lipinski definition) is 0. The molecule has 0 heterocycles. The highest BCUT2D eigenvalue weighted by atomic mass is 16.5. The van der Waals surface area contributed by atoms with Crippen molar-refractivity contribution in [2.45, 2.75) is 90.4 Å². The molecule has 0 aromatic carbocycles. The smallest absolute Gasteiger partial charge is 0.0493 e. The van der Waals surface area contributed by atoms with E-state index in [4.69, 9.17) is 4.74 Å². The predicted molar refractivity (Wildman–Crippen MR) is 84.6 cm³/mol. The molecule has 0 aromatic heterocycles. The maximum absolute atomic E-state index is 5.47. The third-order valence-electron chi connectivity index (χ3n) is 4.88. The number of methoxy groups -OCH3 is 1. The Morgan fingerprint density at radius 3 is 2.16 bits per heavy atom. The van der Waals surface area contributed by atoms with E-state index in [1.165, 1.54) is 83.5 Å². The fourth-order valence-corrected chi connectivity index (χ4v) is 3.64. The first-order valence-corrected chi connectivity index (χ1v) is 8.87. The SMILES string of the molecule is CCCCCCCCCC(COC)C1CCCCC1. The molecule has 0 aliphatic heterocycles. The molecule has 0 amide bonds. The Kier molecular flexibility index (Phi) is 10.5. The fraction of sp³-hybridized carbons (Fsp3) is 1.00. The van der Waals surface area contributed by atoms with E-state index in [0.29, 0.717) is 0 Å². The quantitative estimate of drug-likeness (QED) is 0.419. The van der Waals surface area contributed by atoms with Gasteiger partial charge in [-0.3, -0.25) is 0 Å². The lowest BCUT2D eigenvalue weighted by Gasteiger charge is -2.30. The zero-order valence-corrected chi connectivity index (χ0v) is 13.5. The summed E-state index contributed by atoms with van der Waals surface area (Å²) in [4.78, 5) is 0. The number of rotatable bonds is 11. The average molecular weight is 268 g/mol. The predicted octanol–water partition coefficient (Wildman–Crippen LogP) is 5.97. The van der Waals surface area contributed by atoms with Gasteiger partial charge in [-0.05, 0) is 18.3 Å². The van der Waals surface area contributed by atoms with E-state index in [2.05, 4.69) is 6.92 Å². The second-order valence-corrected chi connectivity index (χ2v) is 6.52. The first-order valence-electron chi connectivity index (χ1n) is 8.87. The summed E-state index contributed by atoms with van der Waals surface area (Å²) in [5.74, 6) is 1.81. The van der Waals surface area contributed by atoms with Gasteiger partial charge in [0.15, 0.2) is 0 Å². The lowest BCUT2D eigenvalue weighted by molar-refractivity contribution is 0.0969. The zero-order chi connectivity index (χ0) is 13.8. The van der Waals surface area contributed by atoms with E-state index >= 15 is 0 Å². The zero-order valence-electron chi connectivity index (χ0n) is 13.5. The summed E-state index contributed by atoms with van der Waals surface area (Å²) in [5.41, 5.74) is 0. The van der Waals surface area contributed by atoms with Crippen LogP contribution in [-0.2, 0) is 4.74 Å². The van der Waals surface area contributed by atoms with Gasteiger partial charge in [-0.25, -0.2) is 0 Å². The molecule has 114 valence electrons. The van der Waals surface area contributed by atoms with Gasteiger partial charge in [0.25, 0.3) is 0 Å². The van der Waals surface area contributed by atoms with Crippen molar-refractivity contribution in [1.82, 2.24) is 0 Å². The lowest BCUT2D eigenvalue weighted by atomic mass is 9.78. The molecule has 19 heavy (non-hydrogen) atoms. The third kappa shape index (κ3) is 7.97. The van der Waals surface area contributed by atoms with E-state index in [-0.39, 0.29) is 0 Å². The summed E-state index contributed by atoms with van der Waals surface area (Å²) < 4.78 is 5.47. The van der Waals surface area contributed by atoms with Gasteiger partial charge in [-0.2, -0.15) is 0 Å². The van der Waals surface area contributed by atoms with Crippen LogP contribution >= 0.6 is 0 Å². The molecule has 1 heteroatoms. The molecule has 1 rings (SSSR count). The first kappa shape index (κ1) is 17.0. The van der Waals surface area contributed by atoms with Gasteiger partial charge in [-0.15, -0.1) is 0 Å². The lowest BCUT2D eigenvalue weighted by Crippen LogP contribution is -2.22. The molecule has 0 N–H and O–H groups in total. The molecule has 1 nitrogen and oxygen atoms in total. The molecule has 1 unspecified atom stereocenters. The Bertz CT molecular complexity index is 184. The molecule has 0 saturated heterocycles. The monoisotopic (exact) mass is 268 g/mol. The molecule has 0 aromatic rings. The van der Waals surface area contributed by atoms with Gasteiger partial charge >= 0.3 is 0 Å². The van der Waals surface area contributed by atoms with Crippen molar-refractivity contribution in [3.05, 3.63) is 0 Å². The Labute approximate surface area is 121 Å². The number of hydrogen-bond acceptors (Lipinski definition) is 1. The van der Waals surface area contributed by atoms with Crippen LogP contribution in [0, 0.1) is 11.8 Å². The molecule has 1 aliphatic rings. The van der Waals surface area contributed by atoms with E-state index in [1.54, 1.807) is 0 Å². The Morgan fingerprint density at radius 1 is 0.895 bits per heavy atom. The van der Waals surface area contributed by atoms with Crippen LogP contribution in [0.5, 0.6) is 0 Å². The second kappa shape index (κ2) is 11.8. The summed E-state index contributed by atoms with van der Waals surface area (Å²) in [6.07, 6.45) is 18.7. The Hall–Kier alpha value is -0.0400. The van der Waals surface area contributed by atoms with Crippen LogP contribution in [0.25, 0.3) is 0 Å². The van der Waals surface area contributed by atoms with Gasteiger partial charge in [-0.1, -0.05) is 84.0 Å². The van der Waals surface area contributed by atoms with E-state index < -0.39 is 0 Å². The van der Waals surface area contributed by atoms with Crippen LogP contribution in [0.1, 0.15) is 90.4 Å². The minimum atomic E-state index is 0.848. The van der Waals surface area contributed by atoms with Crippen LogP contribution in [0.3, 0.4) is 0 Å². The minimum Gasteiger partial charge on any atom is -0.384 e. The van der Waals surface area contributed by atoms with Crippen molar-refractivity contribution in [3.63, 3.8) is 0 Å². The molecule has 0 bridgehead atoms. The summed E-state index contributed by atoms with van der Waals surface area (Å²) in [7, 11) is 1.88. The van der Waals surface area contributed by atoms with Gasteiger partial charge in [0.05, 0.1) is 0 Å². The largest absolute Gasteiger partial charge is 0.384 e. The highest BCUT2D eigenvalue weighted by Crippen LogP contribution is 2.33. The van der Waals surface area contributed by atoms with E-state index in [1.807, 2.05) is 7.11 Å². The molecule has 1 saturated carbocycles. The van der Waals surface area contributed by atoms with Crippen LogP contribution < -0.4 is 0 Å². The second-order valence-electron chi connectivity index (χ2n) is 6.52. The van der Waals surface area contributed by atoms with E-state index in [0.717, 1.165) is 18.4 Å². The van der Waals surface area contributed by atoms with Crippen molar-refractivity contribution in [3.8, 4) is 0 Å². The highest BCUT2D eigenvalue weighted by molar-refractivity contribution is 4.74. The van der Waals surface area contributed by atoms with Crippen LogP contribution in [0.4, 0.5) is 0 Å². The van der Waals surface area contributed by atoms with Crippen molar-refractivity contribution in [1.29, 1.82) is 0 Å². The molecule has 0 spiro atoms. The fourth-order valence-electron chi connectivity index (χ4n) is 3.64. The maximum atomic E-state index is 5.47. The molecule has 0 radical (unpaired) electrons. The topological polar surface area (TPSA) is 9.23 Å². The minimum absolute atomic E-state index is 0.848. The van der Waals surface area contributed by atoms with Crippen molar-refractivity contribution in [2.24, 2.45) is 11.8 Å². The van der Waals surface area contributed by atoms with Crippen molar-refractivity contribution in [2.75, 3.05) is 13.7 Å². The molecule has 1 fully saturated rings. The molecular weight excluding hydrogens is 232 g/mol. The molecule has 1 aliphatic carbocycles. The third-order valence-corrected chi connectivity index (χ3v) is 4.88. The van der Waals surface area contributed by atoms with Gasteiger partial charge < -0.3 is 4.74 Å². The van der Waals surface area contributed by atoms with Gasteiger partial charge in [0, 0.05) is 13.7 Å². The van der Waals surface area contributed by atoms with Crippen LogP contribution in [-0.4, -0.2) is 13.7 Å². The van der Waals surface area contributed by atoms with Crippen molar-refractivity contribution < 1.29 is 4.74 Å². The molecule has 1 atom stereocenters.